The van der Waals surface area contributed by atoms with E-state index >= 15 is 0 Å². The van der Waals surface area contributed by atoms with E-state index < -0.39 is 0 Å². The molecule has 1 aliphatic carbocycles. The summed E-state index contributed by atoms with van der Waals surface area (Å²) >= 11 is 0. The number of ether oxygens (including phenoxy) is 1. The Kier molecular flexibility index (Phi) is 6.05. The number of hydrogen-bond acceptors (Lipinski definition) is 2. The summed E-state index contributed by atoms with van der Waals surface area (Å²) in [6.07, 6.45) is 4.33. The van der Waals surface area contributed by atoms with Gasteiger partial charge in [-0.05, 0) is 42.6 Å². The molecule has 1 unspecified atom stereocenters. The molecule has 1 saturated carbocycles. The SMILES string of the molecule is CC(Cc1ccccc1)C(=O)O[C@@H]1C[C@H](C)CC[C@H]1C(C)C. The van der Waals surface area contributed by atoms with Crippen LogP contribution in [0.25, 0.3) is 0 Å². The molecule has 2 heteroatoms. The number of benzene rings is 1. The fourth-order valence-corrected chi connectivity index (χ4v) is 3.57. The highest BCUT2D eigenvalue weighted by atomic mass is 16.5. The molecule has 4 atom stereocenters. The van der Waals surface area contributed by atoms with Gasteiger partial charge in [0.1, 0.15) is 6.10 Å². The van der Waals surface area contributed by atoms with Crippen LogP contribution in [0.5, 0.6) is 0 Å². The van der Waals surface area contributed by atoms with Gasteiger partial charge in [0.25, 0.3) is 0 Å². The van der Waals surface area contributed by atoms with E-state index in [4.69, 9.17) is 4.74 Å². The molecule has 0 bridgehead atoms. The monoisotopic (exact) mass is 302 g/mol. The summed E-state index contributed by atoms with van der Waals surface area (Å²) in [4.78, 5) is 12.5. The van der Waals surface area contributed by atoms with Gasteiger partial charge in [-0.15, -0.1) is 0 Å². The maximum Gasteiger partial charge on any atom is 0.309 e. The molecule has 0 saturated heterocycles. The molecule has 2 rings (SSSR count). The van der Waals surface area contributed by atoms with Crippen molar-refractivity contribution >= 4 is 5.97 Å². The second kappa shape index (κ2) is 7.80. The van der Waals surface area contributed by atoms with Crippen LogP contribution in [0, 0.1) is 23.7 Å². The first-order valence-corrected chi connectivity index (χ1v) is 8.71. The molecule has 2 nitrogen and oxygen atoms in total. The summed E-state index contributed by atoms with van der Waals surface area (Å²) in [6.45, 7) is 8.74. The highest BCUT2D eigenvalue weighted by Gasteiger charge is 2.34. The Morgan fingerprint density at radius 3 is 2.50 bits per heavy atom. The first-order chi connectivity index (χ1) is 10.5. The normalized spacial score (nSPS) is 26.7. The van der Waals surface area contributed by atoms with Gasteiger partial charge in [-0.3, -0.25) is 4.79 Å². The second-order valence-corrected chi connectivity index (χ2v) is 7.39. The van der Waals surface area contributed by atoms with Gasteiger partial charge < -0.3 is 4.74 Å². The van der Waals surface area contributed by atoms with E-state index in [1.54, 1.807) is 0 Å². The number of esters is 1. The third-order valence-corrected chi connectivity index (χ3v) is 5.02. The minimum absolute atomic E-state index is 0.0337. The first kappa shape index (κ1) is 17.1. The Labute approximate surface area is 135 Å². The van der Waals surface area contributed by atoms with Crippen LogP contribution in [-0.4, -0.2) is 12.1 Å². The molecule has 0 amide bonds. The van der Waals surface area contributed by atoms with Crippen LogP contribution < -0.4 is 0 Å². The lowest BCUT2D eigenvalue weighted by molar-refractivity contribution is -0.160. The number of rotatable bonds is 5. The quantitative estimate of drug-likeness (QED) is 0.725. The van der Waals surface area contributed by atoms with Crippen molar-refractivity contribution < 1.29 is 9.53 Å². The summed E-state index contributed by atoms with van der Waals surface area (Å²) < 4.78 is 5.93. The van der Waals surface area contributed by atoms with Crippen LogP contribution in [-0.2, 0) is 16.0 Å². The summed E-state index contributed by atoms with van der Waals surface area (Å²) in [6, 6.07) is 10.2. The van der Waals surface area contributed by atoms with Crippen molar-refractivity contribution in [2.75, 3.05) is 0 Å². The maximum atomic E-state index is 12.5. The van der Waals surface area contributed by atoms with Gasteiger partial charge in [0.05, 0.1) is 5.92 Å². The number of carbonyl (C=O) groups excluding carboxylic acids is 1. The van der Waals surface area contributed by atoms with E-state index in [0.717, 1.165) is 12.8 Å². The lowest BCUT2D eigenvalue weighted by Gasteiger charge is -2.37. The molecule has 0 aliphatic heterocycles. The van der Waals surface area contributed by atoms with E-state index in [2.05, 4.69) is 32.9 Å². The molecule has 0 aromatic heterocycles. The minimum atomic E-state index is -0.0764. The van der Waals surface area contributed by atoms with Crippen molar-refractivity contribution in [1.82, 2.24) is 0 Å². The zero-order chi connectivity index (χ0) is 16.1. The predicted molar refractivity (Wildman–Crippen MR) is 90.5 cm³/mol. The zero-order valence-electron chi connectivity index (χ0n) is 14.4. The Bertz CT molecular complexity index is 466. The summed E-state index contributed by atoms with van der Waals surface area (Å²) in [5.74, 6) is 1.65. The Morgan fingerprint density at radius 2 is 1.86 bits per heavy atom. The molecular weight excluding hydrogens is 272 g/mol. The van der Waals surface area contributed by atoms with Gasteiger partial charge in [0.15, 0.2) is 0 Å². The van der Waals surface area contributed by atoms with Gasteiger partial charge in [-0.2, -0.15) is 0 Å². The molecule has 0 N–H and O–H groups in total. The highest BCUT2D eigenvalue weighted by molar-refractivity contribution is 5.72. The van der Waals surface area contributed by atoms with Gasteiger partial charge >= 0.3 is 5.97 Å². The molecule has 122 valence electrons. The molecule has 1 fully saturated rings. The number of carbonyl (C=O) groups is 1. The zero-order valence-corrected chi connectivity index (χ0v) is 14.4. The van der Waals surface area contributed by atoms with Crippen LogP contribution in [0.4, 0.5) is 0 Å². The fourth-order valence-electron chi connectivity index (χ4n) is 3.57. The van der Waals surface area contributed by atoms with Crippen molar-refractivity contribution in [2.45, 2.75) is 59.5 Å². The Hall–Kier alpha value is -1.31. The van der Waals surface area contributed by atoms with Gasteiger partial charge in [0.2, 0.25) is 0 Å². The lowest BCUT2D eigenvalue weighted by Crippen LogP contribution is -2.37. The molecule has 0 spiro atoms. The molecule has 1 aliphatic rings. The van der Waals surface area contributed by atoms with Crippen molar-refractivity contribution in [3.63, 3.8) is 0 Å². The van der Waals surface area contributed by atoms with Crippen LogP contribution in [0.1, 0.15) is 52.5 Å². The predicted octanol–water partition coefficient (Wildman–Crippen LogP) is 4.87. The highest BCUT2D eigenvalue weighted by Crippen LogP contribution is 2.35. The summed E-state index contributed by atoms with van der Waals surface area (Å²) in [5.41, 5.74) is 1.20. The molecule has 1 aromatic carbocycles. The Balaban J connectivity index is 1.94. The van der Waals surface area contributed by atoms with Crippen LogP contribution in [0.15, 0.2) is 30.3 Å². The molecule has 22 heavy (non-hydrogen) atoms. The third kappa shape index (κ3) is 4.59. The van der Waals surface area contributed by atoms with Crippen molar-refractivity contribution in [1.29, 1.82) is 0 Å². The largest absolute Gasteiger partial charge is 0.462 e. The van der Waals surface area contributed by atoms with Crippen molar-refractivity contribution in [3.8, 4) is 0 Å². The number of hydrogen-bond donors (Lipinski definition) is 0. The van der Waals surface area contributed by atoms with E-state index in [9.17, 15) is 4.79 Å². The van der Waals surface area contributed by atoms with Gasteiger partial charge in [-0.1, -0.05) is 64.4 Å². The third-order valence-electron chi connectivity index (χ3n) is 5.02. The van der Waals surface area contributed by atoms with Crippen molar-refractivity contribution in [3.05, 3.63) is 35.9 Å². The average Bonchev–Trinajstić information content (AvgIpc) is 2.48. The van der Waals surface area contributed by atoms with Crippen LogP contribution in [0.3, 0.4) is 0 Å². The summed E-state index contributed by atoms with van der Waals surface area (Å²) in [7, 11) is 0. The van der Waals surface area contributed by atoms with Gasteiger partial charge in [-0.25, -0.2) is 0 Å². The van der Waals surface area contributed by atoms with E-state index in [-0.39, 0.29) is 18.0 Å². The van der Waals surface area contributed by atoms with E-state index in [1.165, 1.54) is 18.4 Å². The molecule has 1 aromatic rings. The summed E-state index contributed by atoms with van der Waals surface area (Å²) in [5, 5.41) is 0. The Morgan fingerprint density at radius 1 is 1.18 bits per heavy atom. The fraction of sp³-hybridized carbons (Fsp3) is 0.650. The smallest absolute Gasteiger partial charge is 0.309 e. The van der Waals surface area contributed by atoms with E-state index in [0.29, 0.717) is 17.8 Å². The second-order valence-electron chi connectivity index (χ2n) is 7.39. The molecule has 0 heterocycles. The van der Waals surface area contributed by atoms with Crippen LogP contribution in [0.2, 0.25) is 0 Å². The first-order valence-electron chi connectivity index (χ1n) is 8.71. The minimum Gasteiger partial charge on any atom is -0.462 e. The van der Waals surface area contributed by atoms with Gasteiger partial charge in [0, 0.05) is 0 Å². The van der Waals surface area contributed by atoms with Crippen LogP contribution >= 0.6 is 0 Å². The van der Waals surface area contributed by atoms with E-state index in [1.807, 2.05) is 25.1 Å². The molecular formula is C20H30O2. The lowest BCUT2D eigenvalue weighted by atomic mass is 9.75. The average molecular weight is 302 g/mol. The topological polar surface area (TPSA) is 26.3 Å². The molecule has 0 radical (unpaired) electrons. The standard InChI is InChI=1S/C20H30O2/c1-14(2)18-11-10-15(3)12-19(18)22-20(21)16(4)13-17-8-6-5-7-9-17/h5-9,14-16,18-19H,10-13H2,1-4H3/t15-,16?,18+,19-/m1/s1. The maximum absolute atomic E-state index is 12.5. The van der Waals surface area contributed by atoms with Crippen molar-refractivity contribution in [2.24, 2.45) is 23.7 Å².